The van der Waals surface area contributed by atoms with Crippen molar-refractivity contribution in [2.24, 2.45) is 0 Å². The highest BCUT2D eigenvalue weighted by atomic mass is 16.6. The summed E-state index contributed by atoms with van der Waals surface area (Å²) in [6.07, 6.45) is 0.403. The number of H-pyrrole nitrogens is 1. The molecule has 3 N–H and O–H groups in total. The molecule has 1 amide bonds. The van der Waals surface area contributed by atoms with Gasteiger partial charge in [-0.1, -0.05) is 30.3 Å². The van der Waals surface area contributed by atoms with Crippen LogP contribution in [0.15, 0.2) is 30.3 Å². The Kier molecular flexibility index (Phi) is 3.28. The van der Waals surface area contributed by atoms with Crippen LogP contribution >= 0.6 is 0 Å². The lowest BCUT2D eigenvalue weighted by molar-refractivity contribution is 0.0918. The van der Waals surface area contributed by atoms with Crippen LogP contribution < -0.4 is 5.73 Å². The third kappa shape index (κ3) is 2.45. The molecule has 0 atom stereocenters. The molecule has 0 radical (unpaired) electrons. The summed E-state index contributed by atoms with van der Waals surface area (Å²) in [7, 11) is 0. The monoisotopic (exact) mass is 272 g/mol. The molecule has 2 heterocycles. The number of carbonyl (C=O) groups is 1. The molecule has 6 heteroatoms. The Hall–Kier alpha value is -2.50. The van der Waals surface area contributed by atoms with E-state index in [-0.39, 0.29) is 12.7 Å². The van der Waals surface area contributed by atoms with E-state index in [2.05, 4.69) is 10.2 Å². The van der Waals surface area contributed by atoms with Gasteiger partial charge in [0.25, 0.3) is 0 Å². The molecule has 1 aliphatic rings. The number of ether oxygens (including phenoxy) is 1. The molecule has 1 aromatic heterocycles. The number of carbonyl (C=O) groups excluding carboxylic acids is 1. The van der Waals surface area contributed by atoms with Crippen LogP contribution in [0.3, 0.4) is 0 Å². The minimum atomic E-state index is -0.319. The summed E-state index contributed by atoms with van der Waals surface area (Å²) in [5.41, 5.74) is 8.65. The van der Waals surface area contributed by atoms with Crippen molar-refractivity contribution >= 4 is 11.9 Å². The molecule has 0 spiro atoms. The largest absolute Gasteiger partial charge is 0.445 e. The quantitative estimate of drug-likeness (QED) is 0.871. The molecule has 0 bridgehead atoms. The summed E-state index contributed by atoms with van der Waals surface area (Å²) in [5, 5.41) is 6.85. The van der Waals surface area contributed by atoms with E-state index >= 15 is 0 Å². The number of aromatic nitrogens is 2. The van der Waals surface area contributed by atoms with Crippen molar-refractivity contribution in [2.75, 3.05) is 12.3 Å². The second-order valence-electron chi connectivity index (χ2n) is 4.78. The van der Waals surface area contributed by atoms with E-state index < -0.39 is 0 Å². The zero-order valence-corrected chi connectivity index (χ0v) is 11.0. The normalized spacial score (nSPS) is 13.9. The molecule has 3 rings (SSSR count). The van der Waals surface area contributed by atoms with Crippen LogP contribution in [0.25, 0.3) is 0 Å². The Morgan fingerprint density at radius 1 is 1.40 bits per heavy atom. The summed E-state index contributed by atoms with van der Waals surface area (Å²) in [5.74, 6) is 0.459. The summed E-state index contributed by atoms with van der Waals surface area (Å²) < 4.78 is 5.31. The van der Waals surface area contributed by atoms with E-state index in [0.29, 0.717) is 18.9 Å². The molecule has 0 unspecified atom stereocenters. The lowest BCUT2D eigenvalue weighted by Crippen LogP contribution is -2.36. The van der Waals surface area contributed by atoms with Gasteiger partial charge in [0.15, 0.2) is 0 Å². The molecular weight excluding hydrogens is 256 g/mol. The van der Waals surface area contributed by atoms with Crippen molar-refractivity contribution in [1.82, 2.24) is 15.1 Å². The number of anilines is 1. The Morgan fingerprint density at radius 3 is 3.00 bits per heavy atom. The Labute approximate surface area is 116 Å². The molecule has 20 heavy (non-hydrogen) atoms. The number of aromatic amines is 1. The number of nitrogens with one attached hydrogen (secondary N) is 1. The average Bonchev–Trinajstić information content (AvgIpc) is 2.87. The number of amides is 1. The molecule has 2 aromatic rings. The van der Waals surface area contributed by atoms with Gasteiger partial charge in [-0.25, -0.2) is 4.79 Å². The standard InChI is InChI=1S/C14H16N4O2/c15-13-11-8-18(7-6-12(11)16-17-13)14(19)20-9-10-4-2-1-3-5-10/h1-5H,6-9H2,(H3,15,16,17). The summed E-state index contributed by atoms with van der Waals surface area (Å²) >= 11 is 0. The molecule has 0 saturated carbocycles. The Balaban J connectivity index is 1.60. The zero-order chi connectivity index (χ0) is 13.9. The summed E-state index contributed by atoms with van der Waals surface area (Å²) in [4.78, 5) is 13.7. The Bertz CT molecular complexity index is 609. The number of fused-ring (bicyclic) bond motifs is 1. The smallest absolute Gasteiger partial charge is 0.410 e. The minimum absolute atomic E-state index is 0.282. The fraction of sp³-hybridized carbons (Fsp3) is 0.286. The van der Waals surface area contributed by atoms with Crippen LogP contribution in [0, 0.1) is 0 Å². The van der Waals surface area contributed by atoms with Crippen LogP contribution in [-0.4, -0.2) is 27.7 Å². The summed E-state index contributed by atoms with van der Waals surface area (Å²) in [6.45, 7) is 1.34. The second-order valence-corrected chi connectivity index (χ2v) is 4.78. The van der Waals surface area contributed by atoms with Gasteiger partial charge in [-0.15, -0.1) is 0 Å². The first kappa shape index (κ1) is 12.5. The van der Waals surface area contributed by atoms with Crippen molar-refractivity contribution in [2.45, 2.75) is 19.6 Å². The van der Waals surface area contributed by atoms with E-state index in [9.17, 15) is 4.79 Å². The molecular formula is C14H16N4O2. The first-order valence-corrected chi connectivity index (χ1v) is 6.51. The minimum Gasteiger partial charge on any atom is -0.445 e. The maximum Gasteiger partial charge on any atom is 0.410 e. The number of benzene rings is 1. The molecule has 6 nitrogen and oxygen atoms in total. The predicted molar refractivity (Wildman–Crippen MR) is 73.7 cm³/mol. The van der Waals surface area contributed by atoms with E-state index in [1.165, 1.54) is 0 Å². The molecule has 0 saturated heterocycles. The fourth-order valence-corrected chi connectivity index (χ4v) is 2.28. The van der Waals surface area contributed by atoms with Gasteiger partial charge in [-0.2, -0.15) is 5.10 Å². The van der Waals surface area contributed by atoms with Gasteiger partial charge in [0.1, 0.15) is 12.4 Å². The topological polar surface area (TPSA) is 84.2 Å². The zero-order valence-electron chi connectivity index (χ0n) is 11.0. The van der Waals surface area contributed by atoms with Crippen molar-refractivity contribution in [1.29, 1.82) is 0 Å². The van der Waals surface area contributed by atoms with Gasteiger partial charge in [0.05, 0.1) is 6.54 Å². The lowest BCUT2D eigenvalue weighted by Gasteiger charge is -2.26. The van der Waals surface area contributed by atoms with Crippen molar-refractivity contribution < 1.29 is 9.53 Å². The van der Waals surface area contributed by atoms with Crippen molar-refractivity contribution in [3.63, 3.8) is 0 Å². The van der Waals surface area contributed by atoms with Crippen LogP contribution in [-0.2, 0) is 24.3 Å². The van der Waals surface area contributed by atoms with Crippen LogP contribution in [0.2, 0.25) is 0 Å². The lowest BCUT2D eigenvalue weighted by atomic mass is 10.1. The van der Waals surface area contributed by atoms with Gasteiger partial charge in [0, 0.05) is 24.2 Å². The van der Waals surface area contributed by atoms with Crippen molar-refractivity contribution in [3.8, 4) is 0 Å². The number of rotatable bonds is 2. The van der Waals surface area contributed by atoms with E-state index in [1.54, 1.807) is 4.90 Å². The van der Waals surface area contributed by atoms with Gasteiger partial charge < -0.3 is 15.4 Å². The maximum absolute atomic E-state index is 12.0. The molecule has 1 aromatic carbocycles. The van der Waals surface area contributed by atoms with Gasteiger partial charge in [-0.05, 0) is 5.56 Å². The van der Waals surface area contributed by atoms with Crippen molar-refractivity contribution in [3.05, 3.63) is 47.2 Å². The fourth-order valence-electron chi connectivity index (χ4n) is 2.28. The summed E-state index contributed by atoms with van der Waals surface area (Å²) in [6, 6.07) is 9.62. The van der Waals surface area contributed by atoms with Gasteiger partial charge in [0.2, 0.25) is 0 Å². The van der Waals surface area contributed by atoms with E-state index in [0.717, 1.165) is 23.2 Å². The van der Waals surface area contributed by atoms with Crippen LogP contribution in [0.5, 0.6) is 0 Å². The van der Waals surface area contributed by atoms with Crippen LogP contribution in [0.1, 0.15) is 16.8 Å². The number of hydrogen-bond donors (Lipinski definition) is 2. The highest BCUT2D eigenvalue weighted by Crippen LogP contribution is 2.22. The second kappa shape index (κ2) is 5.24. The molecule has 104 valence electrons. The van der Waals surface area contributed by atoms with E-state index in [4.69, 9.17) is 10.5 Å². The maximum atomic E-state index is 12.0. The third-order valence-electron chi connectivity index (χ3n) is 3.43. The molecule has 1 aliphatic heterocycles. The number of hydrogen-bond acceptors (Lipinski definition) is 4. The highest BCUT2D eigenvalue weighted by Gasteiger charge is 2.25. The predicted octanol–water partition coefficient (Wildman–Crippen LogP) is 1.69. The third-order valence-corrected chi connectivity index (χ3v) is 3.43. The molecule has 0 fully saturated rings. The average molecular weight is 272 g/mol. The Morgan fingerprint density at radius 2 is 2.20 bits per heavy atom. The number of nitrogens with zero attached hydrogens (tertiary/aromatic N) is 2. The molecule has 0 aliphatic carbocycles. The van der Waals surface area contributed by atoms with Crippen LogP contribution in [0.4, 0.5) is 10.6 Å². The number of nitrogens with two attached hydrogens (primary N) is 1. The SMILES string of the molecule is Nc1n[nH]c2c1CN(C(=O)OCc1ccccc1)CC2. The van der Waals surface area contributed by atoms with Gasteiger partial charge in [-0.3, -0.25) is 5.10 Å². The van der Waals surface area contributed by atoms with Gasteiger partial charge >= 0.3 is 6.09 Å². The first-order valence-electron chi connectivity index (χ1n) is 6.51. The first-order chi connectivity index (χ1) is 9.74. The highest BCUT2D eigenvalue weighted by molar-refractivity contribution is 5.68. The number of nitrogen functional groups attached to an aromatic ring is 1. The van der Waals surface area contributed by atoms with E-state index in [1.807, 2.05) is 30.3 Å².